The highest BCUT2D eigenvalue weighted by molar-refractivity contribution is 6.40. The first-order valence-corrected chi connectivity index (χ1v) is 7.19. The van der Waals surface area contributed by atoms with Gasteiger partial charge in [0.1, 0.15) is 6.54 Å². The lowest BCUT2D eigenvalue weighted by atomic mass is 10.0. The molecule has 0 unspecified atom stereocenters. The molecule has 0 aliphatic heterocycles. The molecular weight excluding hydrogens is 308 g/mol. The summed E-state index contributed by atoms with van der Waals surface area (Å²) in [5.41, 5.74) is 1.06. The number of carbonyl (C=O) groups excluding carboxylic acids is 2. The van der Waals surface area contributed by atoms with Gasteiger partial charge in [0.05, 0.1) is 4.87 Å². The Balaban J connectivity index is 0.00000211. The molecule has 122 valence electrons. The van der Waals surface area contributed by atoms with Crippen molar-refractivity contribution in [2.45, 2.75) is 32.6 Å². The number of rotatable bonds is 4. The molecule has 0 saturated heterocycles. The summed E-state index contributed by atoms with van der Waals surface area (Å²) in [6.07, 6.45) is 0. The van der Waals surface area contributed by atoms with Crippen molar-refractivity contribution in [1.29, 1.82) is 0 Å². The number of benzene rings is 1. The van der Waals surface area contributed by atoms with Crippen LogP contribution in [0.3, 0.4) is 0 Å². The van der Waals surface area contributed by atoms with Gasteiger partial charge in [-0.3, -0.25) is 14.4 Å². The molecule has 2 amide bonds. The number of carbonyl (C=O) groups is 3. The molecular formula is C15H21ClN2O4. The average molecular weight is 329 g/mol. The van der Waals surface area contributed by atoms with Crippen molar-refractivity contribution in [3.05, 3.63) is 29.8 Å². The number of para-hydroxylation sites is 1. The van der Waals surface area contributed by atoms with E-state index in [0.717, 1.165) is 0 Å². The molecule has 1 aromatic rings. The van der Waals surface area contributed by atoms with Crippen LogP contribution in [0.25, 0.3) is 0 Å². The number of anilines is 1. The molecule has 1 rings (SSSR count). The van der Waals surface area contributed by atoms with Crippen LogP contribution in [0.1, 0.15) is 33.3 Å². The van der Waals surface area contributed by atoms with Crippen LogP contribution in [-0.2, 0) is 19.3 Å². The Kier molecular flexibility index (Phi) is 8.19. The van der Waals surface area contributed by atoms with E-state index in [2.05, 4.69) is 5.32 Å². The minimum atomic E-state index is -1.23. The van der Waals surface area contributed by atoms with Gasteiger partial charge in [-0.2, -0.15) is 0 Å². The maximum atomic E-state index is 11.6. The van der Waals surface area contributed by atoms with Crippen LogP contribution in [0.4, 0.5) is 5.69 Å². The number of nitrogens with one attached hydrogen (secondary N) is 2. The van der Waals surface area contributed by atoms with Gasteiger partial charge >= 0.3 is 17.8 Å². The highest BCUT2D eigenvalue weighted by Crippen LogP contribution is 2.33. The number of halogens is 1. The third kappa shape index (κ3) is 6.58. The molecule has 0 atom stereocenters. The van der Waals surface area contributed by atoms with E-state index >= 15 is 0 Å². The second kappa shape index (κ2) is 9.04. The second-order valence-corrected chi connectivity index (χ2v) is 5.49. The van der Waals surface area contributed by atoms with Gasteiger partial charge in [-0.25, -0.2) is 0 Å². The van der Waals surface area contributed by atoms with Crippen molar-refractivity contribution in [3.8, 4) is 0 Å². The normalized spacial score (nSPS) is 10.0. The maximum absolute atomic E-state index is 11.6. The molecule has 6 nitrogen and oxygen atoms in total. The quantitative estimate of drug-likeness (QED) is 0.584. The number of hydrogen-bond donors (Lipinski definition) is 3. The molecule has 0 saturated carbocycles. The van der Waals surface area contributed by atoms with Crippen LogP contribution in [0, 0.1) is 0 Å². The summed E-state index contributed by atoms with van der Waals surface area (Å²) in [5.74, 6) is -3.19. The number of hydrogen-bond acceptors (Lipinski definition) is 3. The topological polar surface area (TPSA) is 95.5 Å². The van der Waals surface area contributed by atoms with Gasteiger partial charge in [0, 0.05) is 5.69 Å². The molecule has 22 heavy (non-hydrogen) atoms. The first-order chi connectivity index (χ1) is 10.2. The third-order valence-corrected chi connectivity index (χ3v) is 2.63. The SMILES string of the molecule is CC.CC(C)(Cl)c1ccccc1NC(=O)C(=O)NCC(=O)O. The van der Waals surface area contributed by atoms with Crippen LogP contribution in [0.5, 0.6) is 0 Å². The van der Waals surface area contributed by atoms with E-state index in [-0.39, 0.29) is 0 Å². The van der Waals surface area contributed by atoms with E-state index in [0.29, 0.717) is 11.3 Å². The molecule has 0 heterocycles. The molecule has 0 bridgehead atoms. The summed E-state index contributed by atoms with van der Waals surface area (Å²) in [5, 5.41) is 12.8. The van der Waals surface area contributed by atoms with E-state index in [9.17, 15) is 14.4 Å². The van der Waals surface area contributed by atoms with Crippen molar-refractivity contribution >= 4 is 35.1 Å². The Morgan fingerprint density at radius 3 is 2.18 bits per heavy atom. The molecule has 0 spiro atoms. The highest BCUT2D eigenvalue weighted by atomic mass is 35.5. The molecule has 0 aromatic heterocycles. The van der Waals surface area contributed by atoms with Crippen LogP contribution < -0.4 is 10.6 Å². The smallest absolute Gasteiger partial charge is 0.322 e. The van der Waals surface area contributed by atoms with E-state index in [1.54, 1.807) is 38.1 Å². The Bertz CT molecular complexity index is 539. The zero-order valence-corrected chi connectivity index (χ0v) is 13.8. The van der Waals surface area contributed by atoms with Crippen molar-refractivity contribution in [1.82, 2.24) is 5.32 Å². The van der Waals surface area contributed by atoms with Gasteiger partial charge in [-0.15, -0.1) is 11.6 Å². The predicted octanol–water partition coefficient (Wildman–Crippen LogP) is 2.33. The Hall–Kier alpha value is -2.08. The van der Waals surface area contributed by atoms with Gasteiger partial charge in [0.2, 0.25) is 0 Å². The molecule has 0 aliphatic rings. The highest BCUT2D eigenvalue weighted by Gasteiger charge is 2.22. The lowest BCUT2D eigenvalue weighted by Gasteiger charge is -2.20. The number of alkyl halides is 1. The Morgan fingerprint density at radius 2 is 1.68 bits per heavy atom. The number of carboxylic acids is 1. The van der Waals surface area contributed by atoms with Crippen LogP contribution in [-0.4, -0.2) is 29.4 Å². The summed E-state index contributed by atoms with van der Waals surface area (Å²) < 4.78 is 0. The monoisotopic (exact) mass is 328 g/mol. The molecule has 0 aliphatic carbocycles. The van der Waals surface area contributed by atoms with Crippen molar-refractivity contribution in [2.75, 3.05) is 11.9 Å². The predicted molar refractivity (Wildman–Crippen MR) is 85.9 cm³/mol. The Labute approximate surface area is 134 Å². The van der Waals surface area contributed by atoms with Crippen LogP contribution in [0.2, 0.25) is 0 Å². The molecule has 1 aromatic carbocycles. The summed E-state index contributed by atoms with van der Waals surface area (Å²) >= 11 is 6.20. The maximum Gasteiger partial charge on any atom is 0.322 e. The van der Waals surface area contributed by atoms with Crippen LogP contribution >= 0.6 is 11.6 Å². The van der Waals surface area contributed by atoms with E-state index < -0.39 is 29.2 Å². The van der Waals surface area contributed by atoms with Gasteiger partial charge in [-0.05, 0) is 25.5 Å². The molecule has 3 N–H and O–H groups in total. The molecule has 7 heteroatoms. The number of carboxylic acid groups (broad SMARTS) is 1. The van der Waals surface area contributed by atoms with Crippen molar-refractivity contribution in [2.24, 2.45) is 0 Å². The van der Waals surface area contributed by atoms with Crippen LogP contribution in [0.15, 0.2) is 24.3 Å². The first-order valence-electron chi connectivity index (χ1n) is 6.81. The minimum absolute atomic E-state index is 0.406. The number of amides is 2. The van der Waals surface area contributed by atoms with Crippen molar-refractivity contribution < 1.29 is 19.5 Å². The zero-order valence-electron chi connectivity index (χ0n) is 13.1. The fourth-order valence-corrected chi connectivity index (χ4v) is 1.69. The lowest BCUT2D eigenvalue weighted by Crippen LogP contribution is -2.38. The minimum Gasteiger partial charge on any atom is -0.480 e. The first kappa shape index (κ1) is 19.9. The molecule has 0 fully saturated rings. The van der Waals surface area contributed by atoms with E-state index in [1.165, 1.54) is 0 Å². The average Bonchev–Trinajstić information content (AvgIpc) is 2.46. The summed E-state index contributed by atoms with van der Waals surface area (Å²) in [7, 11) is 0. The van der Waals surface area contributed by atoms with E-state index in [1.807, 2.05) is 19.2 Å². The number of aliphatic carboxylic acids is 1. The fraction of sp³-hybridized carbons (Fsp3) is 0.400. The van der Waals surface area contributed by atoms with Gasteiger partial charge in [-0.1, -0.05) is 32.0 Å². The van der Waals surface area contributed by atoms with Gasteiger partial charge < -0.3 is 15.7 Å². The third-order valence-electron chi connectivity index (χ3n) is 2.42. The Morgan fingerprint density at radius 1 is 1.14 bits per heavy atom. The summed E-state index contributed by atoms with van der Waals surface area (Å²) in [4.78, 5) is 32.6. The van der Waals surface area contributed by atoms with Gasteiger partial charge in [0.15, 0.2) is 0 Å². The van der Waals surface area contributed by atoms with Crippen molar-refractivity contribution in [3.63, 3.8) is 0 Å². The largest absolute Gasteiger partial charge is 0.480 e. The fourth-order valence-electron chi connectivity index (χ4n) is 1.53. The zero-order chi connectivity index (χ0) is 17.3. The standard InChI is InChI=1S/C13H15ClN2O4.C2H6/c1-13(2,14)8-5-3-4-6-9(8)16-12(20)11(19)15-7-10(17)18;1-2/h3-6H,7H2,1-2H3,(H,15,19)(H,16,20)(H,17,18);1-2H3. The summed E-state index contributed by atoms with van der Waals surface area (Å²) in [6.45, 7) is 6.89. The van der Waals surface area contributed by atoms with E-state index in [4.69, 9.17) is 16.7 Å². The lowest BCUT2D eigenvalue weighted by molar-refractivity contribution is -0.140. The van der Waals surface area contributed by atoms with Gasteiger partial charge in [0.25, 0.3) is 0 Å². The second-order valence-electron chi connectivity index (χ2n) is 4.55. The molecule has 0 radical (unpaired) electrons. The summed E-state index contributed by atoms with van der Waals surface area (Å²) in [6, 6.07) is 6.80.